The fourth-order valence-corrected chi connectivity index (χ4v) is 3.94. The van der Waals surface area contributed by atoms with E-state index >= 15 is 0 Å². The molecule has 2 rings (SSSR count). The maximum absolute atomic E-state index is 12.2. The van der Waals surface area contributed by atoms with Crippen LogP contribution in [0.25, 0.3) is 0 Å². The SMILES string of the molecule is Cc1c(Br)cc(S(=O)(=O)Nc2ccsc2)cc1C(=O)O. The number of carboxylic acid groups (broad SMARTS) is 1. The van der Waals surface area contributed by atoms with E-state index in [0.717, 1.165) is 6.07 Å². The van der Waals surface area contributed by atoms with Crippen LogP contribution in [0.4, 0.5) is 5.69 Å². The number of carbonyl (C=O) groups is 1. The van der Waals surface area contributed by atoms with E-state index in [1.807, 2.05) is 0 Å². The average Bonchev–Trinajstić information content (AvgIpc) is 2.83. The number of carboxylic acids is 1. The van der Waals surface area contributed by atoms with Crippen molar-refractivity contribution in [2.45, 2.75) is 11.8 Å². The maximum Gasteiger partial charge on any atom is 0.336 e. The van der Waals surface area contributed by atoms with E-state index in [4.69, 9.17) is 5.11 Å². The molecule has 2 N–H and O–H groups in total. The third-order valence-corrected chi connectivity index (χ3v) is 5.50. The van der Waals surface area contributed by atoms with Gasteiger partial charge in [0.2, 0.25) is 0 Å². The topological polar surface area (TPSA) is 83.5 Å². The Morgan fingerprint density at radius 1 is 1.40 bits per heavy atom. The molecule has 0 spiro atoms. The van der Waals surface area contributed by atoms with Gasteiger partial charge in [0, 0.05) is 9.85 Å². The van der Waals surface area contributed by atoms with E-state index in [1.165, 1.54) is 17.4 Å². The van der Waals surface area contributed by atoms with Gasteiger partial charge in [0.25, 0.3) is 10.0 Å². The summed E-state index contributed by atoms with van der Waals surface area (Å²) in [4.78, 5) is 11.0. The zero-order valence-corrected chi connectivity index (χ0v) is 13.5. The minimum Gasteiger partial charge on any atom is -0.478 e. The van der Waals surface area contributed by atoms with Gasteiger partial charge < -0.3 is 5.11 Å². The summed E-state index contributed by atoms with van der Waals surface area (Å²) in [5, 5.41) is 12.5. The van der Waals surface area contributed by atoms with Gasteiger partial charge >= 0.3 is 5.97 Å². The maximum atomic E-state index is 12.2. The molecule has 0 radical (unpaired) electrons. The van der Waals surface area contributed by atoms with Crippen LogP contribution in [0.2, 0.25) is 0 Å². The van der Waals surface area contributed by atoms with Crippen LogP contribution in [0.3, 0.4) is 0 Å². The Bertz CT molecular complexity index is 754. The molecule has 1 aromatic carbocycles. The minimum absolute atomic E-state index is 0.0509. The number of halogens is 1. The predicted octanol–water partition coefficient (Wildman–Crippen LogP) is 3.32. The lowest BCUT2D eigenvalue weighted by molar-refractivity contribution is 0.0695. The molecule has 5 nitrogen and oxygen atoms in total. The summed E-state index contributed by atoms with van der Waals surface area (Å²) in [6.07, 6.45) is 0. The smallest absolute Gasteiger partial charge is 0.336 e. The molecule has 0 bridgehead atoms. The van der Waals surface area contributed by atoms with E-state index in [2.05, 4.69) is 20.7 Å². The molecule has 20 heavy (non-hydrogen) atoms. The van der Waals surface area contributed by atoms with Crippen molar-refractivity contribution in [1.82, 2.24) is 0 Å². The van der Waals surface area contributed by atoms with E-state index in [9.17, 15) is 13.2 Å². The highest BCUT2D eigenvalue weighted by atomic mass is 79.9. The second kappa shape index (κ2) is 5.55. The quantitative estimate of drug-likeness (QED) is 0.858. The molecule has 1 aromatic heterocycles. The molecule has 0 atom stereocenters. The summed E-state index contributed by atoms with van der Waals surface area (Å²) < 4.78 is 27.3. The molecule has 0 fully saturated rings. The second-order valence-corrected chi connectivity index (χ2v) is 7.32. The summed E-state index contributed by atoms with van der Waals surface area (Å²) in [5.74, 6) is -1.17. The fraction of sp³-hybridized carbons (Fsp3) is 0.0833. The Labute approximate surface area is 128 Å². The number of sulfonamides is 1. The molecule has 0 saturated heterocycles. The highest BCUT2D eigenvalue weighted by Gasteiger charge is 2.20. The first-order valence-corrected chi connectivity index (χ1v) is 8.61. The molecule has 0 saturated carbocycles. The first kappa shape index (κ1) is 15.0. The highest BCUT2D eigenvalue weighted by Crippen LogP contribution is 2.26. The number of aromatic carboxylic acids is 1. The lowest BCUT2D eigenvalue weighted by Gasteiger charge is -2.10. The largest absolute Gasteiger partial charge is 0.478 e. The highest BCUT2D eigenvalue weighted by molar-refractivity contribution is 9.10. The third-order valence-electron chi connectivity index (χ3n) is 2.63. The summed E-state index contributed by atoms with van der Waals surface area (Å²) in [5.41, 5.74) is 0.876. The number of anilines is 1. The minimum atomic E-state index is -3.82. The van der Waals surface area contributed by atoms with Crippen LogP contribution in [0, 0.1) is 6.92 Å². The molecular formula is C12H10BrNO4S2. The Hall–Kier alpha value is -1.38. The summed E-state index contributed by atoms with van der Waals surface area (Å²) in [7, 11) is -3.82. The van der Waals surface area contributed by atoms with Crippen LogP contribution < -0.4 is 4.72 Å². The third kappa shape index (κ3) is 3.02. The Balaban J connectivity index is 2.49. The van der Waals surface area contributed by atoms with E-state index < -0.39 is 16.0 Å². The normalized spacial score (nSPS) is 11.3. The van der Waals surface area contributed by atoms with Gasteiger partial charge in [-0.3, -0.25) is 4.72 Å². The van der Waals surface area contributed by atoms with Crippen LogP contribution >= 0.6 is 27.3 Å². The van der Waals surface area contributed by atoms with Crippen LogP contribution in [0.1, 0.15) is 15.9 Å². The van der Waals surface area contributed by atoms with Crippen molar-refractivity contribution < 1.29 is 18.3 Å². The van der Waals surface area contributed by atoms with Crippen molar-refractivity contribution in [3.63, 3.8) is 0 Å². The molecule has 0 aliphatic heterocycles. The molecule has 0 aliphatic rings. The van der Waals surface area contributed by atoms with Gasteiger partial charge in [0.05, 0.1) is 16.1 Å². The Morgan fingerprint density at radius 3 is 2.65 bits per heavy atom. The van der Waals surface area contributed by atoms with Crippen molar-refractivity contribution in [3.8, 4) is 0 Å². The average molecular weight is 376 g/mol. The molecule has 0 amide bonds. The summed E-state index contributed by atoms with van der Waals surface area (Å²) in [6, 6.07) is 4.16. The fourth-order valence-electron chi connectivity index (χ4n) is 1.57. The van der Waals surface area contributed by atoms with Crippen molar-refractivity contribution in [3.05, 3.63) is 44.6 Å². The number of thiophene rings is 1. The lowest BCUT2D eigenvalue weighted by atomic mass is 10.1. The van der Waals surface area contributed by atoms with Crippen molar-refractivity contribution in [1.29, 1.82) is 0 Å². The van der Waals surface area contributed by atoms with Gasteiger partial charge in [0.15, 0.2) is 0 Å². The van der Waals surface area contributed by atoms with E-state index in [-0.39, 0.29) is 10.5 Å². The van der Waals surface area contributed by atoms with Gasteiger partial charge in [-0.2, -0.15) is 11.3 Å². The molecule has 2 aromatic rings. The monoisotopic (exact) mass is 375 g/mol. The number of hydrogen-bond acceptors (Lipinski definition) is 4. The van der Waals surface area contributed by atoms with E-state index in [0.29, 0.717) is 15.7 Å². The van der Waals surface area contributed by atoms with Gasteiger partial charge in [-0.05, 0) is 36.1 Å². The predicted molar refractivity (Wildman–Crippen MR) is 81.0 cm³/mol. The Kier molecular flexibility index (Phi) is 4.17. The summed E-state index contributed by atoms with van der Waals surface area (Å²) >= 11 is 4.54. The van der Waals surface area contributed by atoms with Crippen molar-refractivity contribution in [2.75, 3.05) is 4.72 Å². The second-order valence-electron chi connectivity index (χ2n) is 4.00. The number of benzene rings is 1. The number of nitrogens with one attached hydrogen (secondary N) is 1. The standard InChI is InChI=1S/C12H10BrNO4S2/c1-7-10(12(15)16)4-9(5-11(7)13)20(17,18)14-8-2-3-19-6-8/h2-6,14H,1H3,(H,15,16). The van der Waals surface area contributed by atoms with Gasteiger partial charge in [-0.15, -0.1) is 0 Å². The van der Waals surface area contributed by atoms with Crippen molar-refractivity contribution >= 4 is 48.9 Å². The van der Waals surface area contributed by atoms with Crippen LogP contribution in [0.5, 0.6) is 0 Å². The molecular weight excluding hydrogens is 366 g/mol. The van der Waals surface area contributed by atoms with E-state index in [1.54, 1.807) is 23.8 Å². The zero-order chi connectivity index (χ0) is 14.9. The lowest BCUT2D eigenvalue weighted by Crippen LogP contribution is -2.14. The molecule has 106 valence electrons. The zero-order valence-electron chi connectivity index (χ0n) is 10.3. The Morgan fingerprint density at radius 2 is 2.10 bits per heavy atom. The molecule has 0 unspecified atom stereocenters. The van der Waals surface area contributed by atoms with Gasteiger partial charge in [-0.1, -0.05) is 15.9 Å². The van der Waals surface area contributed by atoms with Gasteiger partial charge in [0.1, 0.15) is 0 Å². The van der Waals surface area contributed by atoms with Crippen LogP contribution in [0.15, 0.2) is 38.3 Å². The molecule has 1 heterocycles. The molecule has 8 heteroatoms. The first-order chi connectivity index (χ1) is 9.31. The first-order valence-electron chi connectivity index (χ1n) is 5.40. The van der Waals surface area contributed by atoms with Crippen molar-refractivity contribution in [2.24, 2.45) is 0 Å². The van der Waals surface area contributed by atoms with Crippen LogP contribution in [-0.2, 0) is 10.0 Å². The molecule has 0 aliphatic carbocycles. The van der Waals surface area contributed by atoms with Gasteiger partial charge in [-0.25, -0.2) is 13.2 Å². The number of hydrogen-bond donors (Lipinski definition) is 2. The van der Waals surface area contributed by atoms with Crippen LogP contribution in [-0.4, -0.2) is 19.5 Å². The summed E-state index contributed by atoms with van der Waals surface area (Å²) in [6.45, 7) is 1.61. The number of rotatable bonds is 4.